The number of nitrogens with zero attached hydrogens (tertiary/aromatic N) is 1. The zero-order valence-electron chi connectivity index (χ0n) is 8.97. The quantitative estimate of drug-likeness (QED) is 0.900. The summed E-state index contributed by atoms with van der Waals surface area (Å²) in [6.45, 7) is 1.58. The Kier molecular flexibility index (Phi) is 3.38. The fraction of sp³-hybridized carbons (Fsp3) is 0.0833. The van der Waals surface area contributed by atoms with Crippen molar-refractivity contribution in [3.05, 3.63) is 52.1 Å². The van der Waals surface area contributed by atoms with Crippen molar-refractivity contribution in [3.8, 4) is 0 Å². The zero-order chi connectivity index (χ0) is 12.4. The second-order valence-electron chi connectivity index (χ2n) is 3.51. The molecule has 2 nitrogen and oxygen atoms in total. The summed E-state index contributed by atoms with van der Waals surface area (Å²) in [5.41, 5.74) is 0.186. The van der Waals surface area contributed by atoms with Gasteiger partial charge in [-0.3, -0.25) is 0 Å². The minimum absolute atomic E-state index is 0.190. The molecule has 0 aliphatic heterocycles. The van der Waals surface area contributed by atoms with E-state index in [1.807, 2.05) is 0 Å². The Hall–Kier alpha value is -1.49. The number of aryl methyl sites for hydroxylation is 1. The molecule has 0 unspecified atom stereocenters. The molecule has 5 heteroatoms. The van der Waals surface area contributed by atoms with Crippen LogP contribution in [0.1, 0.15) is 5.56 Å². The van der Waals surface area contributed by atoms with E-state index in [9.17, 15) is 8.78 Å². The molecule has 0 aliphatic carbocycles. The molecule has 0 atom stereocenters. The summed E-state index contributed by atoms with van der Waals surface area (Å²) in [7, 11) is 0. The number of hydrogen-bond donors (Lipinski definition) is 1. The van der Waals surface area contributed by atoms with Crippen LogP contribution in [-0.4, -0.2) is 4.98 Å². The Balaban J connectivity index is 2.43. The lowest BCUT2D eigenvalue weighted by atomic mass is 10.2. The fourth-order valence-electron chi connectivity index (χ4n) is 1.37. The Morgan fingerprint density at radius 3 is 2.71 bits per heavy atom. The zero-order valence-corrected chi connectivity index (χ0v) is 10.6. The minimum Gasteiger partial charge on any atom is -0.334 e. The third-order valence-electron chi connectivity index (χ3n) is 2.29. The molecule has 0 amide bonds. The summed E-state index contributed by atoms with van der Waals surface area (Å²) in [6.07, 6.45) is 1.54. The predicted molar refractivity (Wildman–Crippen MR) is 66.3 cm³/mol. The van der Waals surface area contributed by atoms with Gasteiger partial charge in [-0.2, -0.15) is 0 Å². The van der Waals surface area contributed by atoms with Gasteiger partial charge in [0.25, 0.3) is 0 Å². The second kappa shape index (κ2) is 4.79. The summed E-state index contributed by atoms with van der Waals surface area (Å²) in [5.74, 6) is -0.885. The van der Waals surface area contributed by atoms with Gasteiger partial charge in [0.05, 0.1) is 4.47 Å². The highest BCUT2D eigenvalue weighted by Gasteiger charge is 2.13. The van der Waals surface area contributed by atoms with Crippen LogP contribution in [0.15, 0.2) is 34.9 Å². The average Bonchev–Trinajstić information content (AvgIpc) is 2.32. The highest BCUT2D eigenvalue weighted by molar-refractivity contribution is 9.10. The van der Waals surface area contributed by atoms with Crippen LogP contribution in [-0.2, 0) is 0 Å². The van der Waals surface area contributed by atoms with Crippen LogP contribution < -0.4 is 5.32 Å². The molecule has 1 aromatic heterocycles. The Morgan fingerprint density at radius 1 is 1.24 bits per heavy atom. The van der Waals surface area contributed by atoms with E-state index in [1.165, 1.54) is 12.1 Å². The third-order valence-corrected chi connectivity index (χ3v) is 2.93. The lowest BCUT2D eigenvalue weighted by molar-refractivity contribution is 0.584. The van der Waals surface area contributed by atoms with Gasteiger partial charge in [-0.05, 0) is 46.6 Å². The molecule has 2 aromatic rings. The maximum atomic E-state index is 13.7. The molecule has 1 aromatic carbocycles. The van der Waals surface area contributed by atoms with Gasteiger partial charge < -0.3 is 5.32 Å². The number of anilines is 2. The number of hydrogen-bond acceptors (Lipinski definition) is 2. The summed E-state index contributed by atoms with van der Waals surface area (Å²) in [4.78, 5) is 3.99. The first-order valence-corrected chi connectivity index (χ1v) is 5.71. The molecular formula is C12H9BrF2N2. The molecule has 1 heterocycles. The van der Waals surface area contributed by atoms with Gasteiger partial charge in [-0.1, -0.05) is 6.07 Å². The summed E-state index contributed by atoms with van der Waals surface area (Å²) in [5, 5.41) is 2.64. The molecule has 1 N–H and O–H groups in total. The fourth-order valence-corrected chi connectivity index (χ4v) is 1.72. The summed E-state index contributed by atoms with van der Waals surface area (Å²) >= 11 is 3.25. The SMILES string of the molecule is Cc1ccc(F)c(Nc2ncccc2Br)c1F. The third kappa shape index (κ3) is 2.44. The van der Waals surface area contributed by atoms with Crippen molar-refractivity contribution in [2.24, 2.45) is 0 Å². The molecule has 0 saturated heterocycles. The van der Waals surface area contributed by atoms with E-state index in [2.05, 4.69) is 26.2 Å². The Morgan fingerprint density at radius 2 is 2.00 bits per heavy atom. The van der Waals surface area contributed by atoms with E-state index in [0.717, 1.165) is 0 Å². The first kappa shape index (κ1) is 12.0. The van der Waals surface area contributed by atoms with Gasteiger partial charge >= 0.3 is 0 Å². The van der Waals surface area contributed by atoms with Gasteiger partial charge in [0.2, 0.25) is 0 Å². The Bertz CT molecular complexity index is 558. The number of aromatic nitrogens is 1. The number of pyridine rings is 1. The molecule has 0 aliphatic rings. The second-order valence-corrected chi connectivity index (χ2v) is 4.37. The van der Waals surface area contributed by atoms with Crippen LogP contribution in [0.25, 0.3) is 0 Å². The van der Waals surface area contributed by atoms with E-state index in [4.69, 9.17) is 0 Å². The predicted octanol–water partition coefficient (Wildman–Crippen LogP) is 4.17. The maximum absolute atomic E-state index is 13.7. The molecule has 2 rings (SSSR count). The van der Waals surface area contributed by atoms with E-state index < -0.39 is 11.6 Å². The van der Waals surface area contributed by atoms with Crippen molar-refractivity contribution in [1.82, 2.24) is 4.98 Å². The lowest BCUT2D eigenvalue weighted by Gasteiger charge is -2.10. The van der Waals surface area contributed by atoms with Crippen molar-refractivity contribution in [1.29, 1.82) is 0 Å². The Labute approximate surface area is 106 Å². The van der Waals surface area contributed by atoms with Gasteiger partial charge in [0.15, 0.2) is 5.82 Å². The van der Waals surface area contributed by atoms with Gasteiger partial charge in [0.1, 0.15) is 17.3 Å². The van der Waals surface area contributed by atoms with Gasteiger partial charge in [-0.15, -0.1) is 0 Å². The van der Waals surface area contributed by atoms with Crippen LogP contribution in [0.4, 0.5) is 20.3 Å². The van der Waals surface area contributed by atoms with Crippen LogP contribution in [0.3, 0.4) is 0 Å². The lowest BCUT2D eigenvalue weighted by Crippen LogP contribution is -2.01. The molecule has 0 bridgehead atoms. The largest absolute Gasteiger partial charge is 0.334 e. The van der Waals surface area contributed by atoms with Crippen molar-refractivity contribution in [2.45, 2.75) is 6.92 Å². The molecule has 17 heavy (non-hydrogen) atoms. The first-order chi connectivity index (χ1) is 8.09. The van der Waals surface area contributed by atoms with Crippen molar-refractivity contribution in [2.75, 3.05) is 5.32 Å². The summed E-state index contributed by atoms with van der Waals surface area (Å²) in [6, 6.07) is 6.07. The highest BCUT2D eigenvalue weighted by atomic mass is 79.9. The topological polar surface area (TPSA) is 24.9 Å². The normalized spacial score (nSPS) is 10.4. The average molecular weight is 299 g/mol. The molecule has 0 spiro atoms. The first-order valence-electron chi connectivity index (χ1n) is 4.91. The molecule has 0 fully saturated rings. The van der Waals surface area contributed by atoms with E-state index in [0.29, 0.717) is 15.9 Å². The van der Waals surface area contributed by atoms with Crippen LogP contribution in [0.5, 0.6) is 0 Å². The van der Waals surface area contributed by atoms with E-state index >= 15 is 0 Å². The maximum Gasteiger partial charge on any atom is 0.152 e. The smallest absolute Gasteiger partial charge is 0.152 e. The van der Waals surface area contributed by atoms with E-state index in [1.54, 1.807) is 25.3 Å². The van der Waals surface area contributed by atoms with Crippen molar-refractivity contribution < 1.29 is 8.78 Å². The van der Waals surface area contributed by atoms with Gasteiger partial charge in [0, 0.05) is 6.20 Å². The summed E-state index contributed by atoms with van der Waals surface area (Å²) < 4.78 is 27.9. The van der Waals surface area contributed by atoms with Crippen LogP contribution >= 0.6 is 15.9 Å². The standard InChI is InChI=1S/C12H9BrF2N2/c1-7-4-5-9(14)11(10(7)15)17-12-8(13)3-2-6-16-12/h2-6H,1H3,(H,16,17). The molecule has 88 valence electrons. The molecular weight excluding hydrogens is 290 g/mol. The van der Waals surface area contributed by atoms with Crippen LogP contribution in [0.2, 0.25) is 0 Å². The number of rotatable bonds is 2. The molecule has 0 saturated carbocycles. The highest BCUT2D eigenvalue weighted by Crippen LogP contribution is 2.28. The van der Waals surface area contributed by atoms with Gasteiger partial charge in [-0.25, -0.2) is 13.8 Å². The number of halogens is 3. The van der Waals surface area contributed by atoms with Crippen molar-refractivity contribution >= 4 is 27.4 Å². The van der Waals surface area contributed by atoms with E-state index in [-0.39, 0.29) is 5.69 Å². The monoisotopic (exact) mass is 298 g/mol. The number of benzene rings is 1. The molecule has 0 radical (unpaired) electrons. The number of nitrogens with one attached hydrogen (secondary N) is 1. The van der Waals surface area contributed by atoms with Crippen molar-refractivity contribution in [3.63, 3.8) is 0 Å². The minimum atomic E-state index is -0.648. The van der Waals surface area contributed by atoms with Crippen LogP contribution in [0, 0.1) is 18.6 Å².